The van der Waals surface area contributed by atoms with Crippen LogP contribution < -0.4 is 5.43 Å². The number of rotatable bonds is 7. The van der Waals surface area contributed by atoms with E-state index in [1.165, 1.54) is 0 Å². The van der Waals surface area contributed by atoms with Gasteiger partial charge in [-0.1, -0.05) is 18.2 Å². The Hall–Kier alpha value is -2.70. The molecule has 0 atom stereocenters. The van der Waals surface area contributed by atoms with Crippen LogP contribution in [0.4, 0.5) is 0 Å². The summed E-state index contributed by atoms with van der Waals surface area (Å²) >= 11 is 0. The lowest BCUT2D eigenvalue weighted by atomic mass is 10.2. The van der Waals surface area contributed by atoms with Gasteiger partial charge in [-0.3, -0.25) is 9.59 Å². The summed E-state index contributed by atoms with van der Waals surface area (Å²) < 4.78 is 9.54. The number of esters is 2. The summed E-state index contributed by atoms with van der Waals surface area (Å²) in [6, 6.07) is 8.36. The number of ether oxygens (including phenoxy) is 2. The van der Waals surface area contributed by atoms with Crippen LogP contribution in [0, 0.1) is 0 Å². The van der Waals surface area contributed by atoms with Crippen molar-refractivity contribution in [2.24, 2.45) is 5.10 Å². The van der Waals surface area contributed by atoms with Gasteiger partial charge < -0.3 is 9.47 Å². The molecule has 0 unspecified atom stereocenters. The Bertz CT molecular complexity index is 554. The first-order valence-corrected chi connectivity index (χ1v) is 6.83. The molecule has 7 nitrogen and oxygen atoms in total. The van der Waals surface area contributed by atoms with Crippen molar-refractivity contribution in [3.05, 3.63) is 35.9 Å². The summed E-state index contributed by atoms with van der Waals surface area (Å²) in [5.41, 5.74) is 2.39. The minimum absolute atomic E-state index is 0.132. The highest BCUT2D eigenvalue weighted by atomic mass is 16.5. The first kappa shape index (κ1) is 17.4. The third-order valence-corrected chi connectivity index (χ3v) is 2.46. The van der Waals surface area contributed by atoms with Gasteiger partial charge in [0, 0.05) is 5.56 Å². The third kappa shape index (κ3) is 5.74. The summed E-state index contributed by atoms with van der Waals surface area (Å²) in [7, 11) is 0. The summed E-state index contributed by atoms with van der Waals surface area (Å²) in [6.07, 6.45) is -0.373. The fraction of sp³-hybridized carbons (Fsp3) is 0.333. The molecule has 0 saturated carbocycles. The quantitative estimate of drug-likeness (QED) is 0.465. The second-order valence-electron chi connectivity index (χ2n) is 4.07. The Labute approximate surface area is 128 Å². The van der Waals surface area contributed by atoms with Crippen molar-refractivity contribution in [1.29, 1.82) is 0 Å². The predicted octanol–water partition coefficient (Wildman–Crippen LogP) is 1.29. The molecule has 0 aliphatic rings. The van der Waals surface area contributed by atoms with Crippen LogP contribution in [0.1, 0.15) is 30.6 Å². The number of benzene rings is 1. The summed E-state index contributed by atoms with van der Waals surface area (Å²) in [5.74, 6) is -1.89. The van der Waals surface area contributed by atoms with Gasteiger partial charge in [-0.25, -0.2) is 10.2 Å². The third-order valence-electron chi connectivity index (χ3n) is 2.46. The summed E-state index contributed by atoms with van der Waals surface area (Å²) in [5, 5.41) is 3.68. The molecular weight excluding hydrogens is 288 g/mol. The van der Waals surface area contributed by atoms with Crippen LogP contribution in [0.25, 0.3) is 0 Å². The van der Waals surface area contributed by atoms with Gasteiger partial charge in [0.2, 0.25) is 0 Å². The zero-order valence-corrected chi connectivity index (χ0v) is 12.5. The van der Waals surface area contributed by atoms with Gasteiger partial charge in [0.05, 0.1) is 19.6 Å². The van der Waals surface area contributed by atoms with Crippen LogP contribution in [-0.2, 0) is 19.1 Å². The van der Waals surface area contributed by atoms with Crippen LogP contribution in [0.5, 0.6) is 0 Å². The molecule has 0 aromatic heterocycles. The van der Waals surface area contributed by atoms with Crippen LogP contribution in [0.15, 0.2) is 35.4 Å². The number of amides is 1. The molecule has 0 saturated heterocycles. The molecule has 22 heavy (non-hydrogen) atoms. The van der Waals surface area contributed by atoms with Crippen molar-refractivity contribution < 1.29 is 23.9 Å². The molecule has 1 N–H and O–H groups in total. The van der Waals surface area contributed by atoms with Gasteiger partial charge in [-0.05, 0) is 26.0 Å². The maximum atomic E-state index is 11.9. The average Bonchev–Trinajstić information content (AvgIpc) is 2.52. The van der Waals surface area contributed by atoms with Crippen molar-refractivity contribution in [1.82, 2.24) is 5.43 Å². The number of hydrazone groups is 1. The molecular formula is C15H18N2O5. The van der Waals surface area contributed by atoms with Crippen LogP contribution >= 0.6 is 0 Å². The molecule has 1 aromatic rings. The molecule has 1 aromatic carbocycles. The number of carbonyl (C=O) groups excluding carboxylic acids is 3. The molecule has 0 spiro atoms. The number of hydrogen-bond acceptors (Lipinski definition) is 6. The van der Waals surface area contributed by atoms with Crippen LogP contribution in [0.3, 0.4) is 0 Å². The highest BCUT2D eigenvalue weighted by Crippen LogP contribution is 1.99. The van der Waals surface area contributed by atoms with Crippen LogP contribution in [-0.4, -0.2) is 36.8 Å². The van der Waals surface area contributed by atoms with E-state index in [1.54, 1.807) is 44.2 Å². The highest BCUT2D eigenvalue weighted by molar-refractivity contribution is 6.39. The normalized spacial score (nSPS) is 10.7. The van der Waals surface area contributed by atoms with Gasteiger partial charge in [0.25, 0.3) is 5.91 Å². The van der Waals surface area contributed by atoms with Crippen molar-refractivity contribution >= 4 is 23.6 Å². The van der Waals surface area contributed by atoms with E-state index in [0.29, 0.717) is 5.56 Å². The molecule has 1 rings (SSSR count). The number of nitrogens with zero attached hydrogens (tertiary/aromatic N) is 1. The second-order valence-corrected chi connectivity index (χ2v) is 4.07. The maximum Gasteiger partial charge on any atom is 0.355 e. The van der Waals surface area contributed by atoms with Gasteiger partial charge in [-0.15, -0.1) is 0 Å². The summed E-state index contributed by atoms with van der Waals surface area (Å²) in [6.45, 7) is 3.59. The predicted molar refractivity (Wildman–Crippen MR) is 79.2 cm³/mol. The smallest absolute Gasteiger partial charge is 0.355 e. The fourth-order valence-corrected chi connectivity index (χ4v) is 1.49. The minimum atomic E-state index is -0.774. The lowest BCUT2D eigenvalue weighted by Crippen LogP contribution is -2.27. The monoisotopic (exact) mass is 306 g/mol. The Kier molecular flexibility index (Phi) is 7.32. The van der Waals surface area contributed by atoms with E-state index < -0.39 is 17.8 Å². The standard InChI is InChI=1S/C15H18N2O5/c1-3-21-13(18)10-12(15(20)22-4-2)16-17-14(19)11-8-6-5-7-9-11/h5-9H,3-4,10H2,1-2H3,(H,17,19)/b16-12+. The van der Waals surface area contributed by atoms with E-state index in [9.17, 15) is 14.4 Å². The first-order chi connectivity index (χ1) is 10.6. The molecule has 1 amide bonds. The number of nitrogens with one attached hydrogen (secondary N) is 1. The number of carbonyl (C=O) groups is 3. The van der Waals surface area contributed by atoms with E-state index in [4.69, 9.17) is 9.47 Å². The van der Waals surface area contributed by atoms with E-state index in [2.05, 4.69) is 10.5 Å². The zero-order valence-electron chi connectivity index (χ0n) is 12.5. The molecule has 0 heterocycles. The molecule has 0 radical (unpaired) electrons. The summed E-state index contributed by atoms with van der Waals surface area (Å²) in [4.78, 5) is 35.0. The van der Waals surface area contributed by atoms with Crippen LogP contribution in [0.2, 0.25) is 0 Å². The minimum Gasteiger partial charge on any atom is -0.466 e. The lowest BCUT2D eigenvalue weighted by molar-refractivity contribution is -0.143. The molecule has 0 aliphatic heterocycles. The topological polar surface area (TPSA) is 94.1 Å². The molecule has 118 valence electrons. The van der Waals surface area contributed by atoms with Gasteiger partial charge >= 0.3 is 11.9 Å². The van der Waals surface area contributed by atoms with Crippen molar-refractivity contribution in [3.63, 3.8) is 0 Å². The Morgan fingerprint density at radius 1 is 1.05 bits per heavy atom. The van der Waals surface area contributed by atoms with E-state index in [-0.39, 0.29) is 25.3 Å². The highest BCUT2D eigenvalue weighted by Gasteiger charge is 2.18. The Morgan fingerprint density at radius 2 is 1.68 bits per heavy atom. The van der Waals surface area contributed by atoms with Gasteiger partial charge in [-0.2, -0.15) is 5.10 Å². The largest absolute Gasteiger partial charge is 0.466 e. The van der Waals surface area contributed by atoms with E-state index in [0.717, 1.165) is 0 Å². The molecule has 0 bridgehead atoms. The van der Waals surface area contributed by atoms with Gasteiger partial charge in [0.15, 0.2) is 5.71 Å². The first-order valence-electron chi connectivity index (χ1n) is 6.83. The maximum absolute atomic E-state index is 11.9. The zero-order chi connectivity index (χ0) is 16.4. The van der Waals surface area contributed by atoms with Gasteiger partial charge in [0.1, 0.15) is 0 Å². The molecule has 7 heteroatoms. The Morgan fingerprint density at radius 3 is 2.27 bits per heavy atom. The van der Waals surface area contributed by atoms with Crippen molar-refractivity contribution in [3.8, 4) is 0 Å². The molecule has 0 aliphatic carbocycles. The molecule has 0 fully saturated rings. The number of hydrogen-bond donors (Lipinski definition) is 1. The van der Waals surface area contributed by atoms with E-state index >= 15 is 0 Å². The van der Waals surface area contributed by atoms with E-state index in [1.807, 2.05) is 0 Å². The fourth-order valence-electron chi connectivity index (χ4n) is 1.49. The average molecular weight is 306 g/mol. The lowest BCUT2D eigenvalue weighted by Gasteiger charge is -2.06. The SMILES string of the molecule is CCOC(=O)C/C(=N\NC(=O)c1ccccc1)C(=O)OCC. The Balaban J connectivity index is 2.79. The van der Waals surface area contributed by atoms with Crippen molar-refractivity contribution in [2.45, 2.75) is 20.3 Å². The van der Waals surface area contributed by atoms with Crippen molar-refractivity contribution in [2.75, 3.05) is 13.2 Å². The second kappa shape index (κ2) is 9.28.